The molecule has 0 spiro atoms. The van der Waals surface area contributed by atoms with E-state index in [4.69, 9.17) is 0 Å². The summed E-state index contributed by atoms with van der Waals surface area (Å²) < 4.78 is 4.53. The van der Waals surface area contributed by atoms with E-state index in [0.717, 1.165) is 5.76 Å². The Hall–Kier alpha value is -0.128. The van der Waals surface area contributed by atoms with Crippen LogP contribution in [-0.4, -0.2) is 5.16 Å². The third kappa shape index (κ3) is 1.86. The van der Waals surface area contributed by atoms with Crippen molar-refractivity contribution in [1.82, 2.24) is 5.16 Å². The Morgan fingerprint density at radius 1 is 1.86 bits per heavy atom. The van der Waals surface area contributed by atoms with Crippen LogP contribution in [0.25, 0.3) is 0 Å². The van der Waals surface area contributed by atoms with Crippen molar-refractivity contribution in [2.24, 2.45) is 0 Å². The molecule has 0 atom stereocenters. The smallest absolute Gasteiger partial charge is 0 e. The number of rotatable bonds is 0. The molecule has 0 aliphatic rings. The van der Waals surface area contributed by atoms with Gasteiger partial charge in [0, 0.05) is 20.4 Å². The molecule has 0 N–H and O–H groups in total. The molecule has 0 fully saturated rings. The van der Waals surface area contributed by atoms with Crippen LogP contribution >= 0.6 is 0 Å². The topological polar surface area (TPSA) is 26.0 Å². The fraction of sp³-hybridized carbons (Fsp3) is 0.250. The maximum atomic E-state index is 4.53. The van der Waals surface area contributed by atoms with E-state index in [1.165, 1.54) is 0 Å². The van der Waals surface area contributed by atoms with Gasteiger partial charge in [0.1, 0.15) is 0 Å². The van der Waals surface area contributed by atoms with E-state index in [1.807, 2.05) is 6.92 Å². The number of hydrogen-bond donors (Lipinski definition) is 0. The first-order valence-corrected chi connectivity index (χ1v) is 1.69. The van der Waals surface area contributed by atoms with Gasteiger partial charge in [0.15, 0.2) is 0 Å². The molecule has 0 unspecified atom stereocenters. The molecular weight excluding hydrogens is 264 g/mol. The minimum Gasteiger partial charge on any atom is -0.471 e. The Bertz CT molecular complexity index is 115. The number of aromatic nitrogens is 1. The Kier molecular flexibility index (Phi) is 2.90. The van der Waals surface area contributed by atoms with Crippen molar-refractivity contribution >= 4 is 0 Å². The monoisotopic (exact) mass is 269 g/mol. The van der Waals surface area contributed by atoms with E-state index in [0.29, 0.717) is 0 Å². The summed E-state index contributed by atoms with van der Waals surface area (Å²) >= 11 is 0. The average Bonchev–Trinajstić information content (AvgIpc) is 1.86. The average molecular weight is 268 g/mol. The zero-order valence-corrected chi connectivity index (χ0v) is 6.53. The molecule has 2 nitrogen and oxygen atoms in total. The fourth-order valence-corrected chi connectivity index (χ4v) is 0.242. The van der Waals surface area contributed by atoms with E-state index < -0.39 is 0 Å². The van der Waals surface area contributed by atoms with Gasteiger partial charge < -0.3 is 4.52 Å². The van der Waals surface area contributed by atoms with Crippen LogP contribution in [0.15, 0.2) is 10.6 Å². The standard InChI is InChI=1S/C4H4NO.Re/c1-4-2-3-5-6-4;/h2H,1H3;/q-1;. The van der Waals surface area contributed by atoms with Gasteiger partial charge in [-0.05, 0) is 5.76 Å². The van der Waals surface area contributed by atoms with Crippen LogP contribution in [0.1, 0.15) is 5.76 Å². The van der Waals surface area contributed by atoms with Gasteiger partial charge in [0.25, 0.3) is 0 Å². The van der Waals surface area contributed by atoms with Gasteiger partial charge in [-0.2, -0.15) is 6.07 Å². The SMILES string of the molecule is Cc1c[c-]no1.[Re]. The molecule has 1 heterocycles. The van der Waals surface area contributed by atoms with Crippen molar-refractivity contribution in [3.05, 3.63) is 18.0 Å². The third-order valence-electron chi connectivity index (χ3n) is 0.510. The molecule has 1 rings (SSSR count). The molecule has 0 aromatic carbocycles. The zero-order valence-electron chi connectivity index (χ0n) is 3.81. The molecule has 0 saturated heterocycles. The molecule has 0 saturated carbocycles. The maximum Gasteiger partial charge on any atom is 0 e. The maximum absolute atomic E-state index is 4.53. The first-order valence-electron chi connectivity index (χ1n) is 1.69. The Morgan fingerprint density at radius 3 is 2.71 bits per heavy atom. The van der Waals surface area contributed by atoms with Gasteiger partial charge in [0.2, 0.25) is 0 Å². The minimum atomic E-state index is 0. The Balaban J connectivity index is 0.000000360. The summed E-state index contributed by atoms with van der Waals surface area (Å²) in [7, 11) is 0. The molecule has 0 bridgehead atoms. The van der Waals surface area contributed by atoms with Crippen LogP contribution < -0.4 is 0 Å². The molecule has 1 aromatic heterocycles. The fourth-order valence-electron chi connectivity index (χ4n) is 0.242. The summed E-state index contributed by atoms with van der Waals surface area (Å²) in [5.41, 5.74) is 0. The van der Waals surface area contributed by atoms with Gasteiger partial charge in [-0.15, -0.1) is 6.20 Å². The summed E-state index contributed by atoms with van der Waals surface area (Å²) in [6.45, 7) is 1.82. The van der Waals surface area contributed by atoms with Crippen LogP contribution in [0.5, 0.6) is 0 Å². The minimum absolute atomic E-state index is 0. The second-order valence-electron chi connectivity index (χ2n) is 1.07. The zero-order chi connectivity index (χ0) is 4.41. The van der Waals surface area contributed by atoms with Crippen molar-refractivity contribution in [1.29, 1.82) is 0 Å². The molecular formula is C4H4NORe-. The van der Waals surface area contributed by atoms with Crippen LogP contribution in [0, 0.1) is 13.1 Å². The molecule has 39 valence electrons. The van der Waals surface area contributed by atoms with E-state index in [9.17, 15) is 0 Å². The van der Waals surface area contributed by atoms with Gasteiger partial charge in [-0.1, -0.05) is 6.92 Å². The van der Waals surface area contributed by atoms with Gasteiger partial charge in [-0.3, -0.25) is 0 Å². The molecule has 1 radical (unpaired) electrons. The van der Waals surface area contributed by atoms with Crippen molar-refractivity contribution in [3.8, 4) is 0 Å². The Morgan fingerprint density at radius 2 is 2.57 bits per heavy atom. The van der Waals surface area contributed by atoms with Crippen LogP contribution in [0.2, 0.25) is 0 Å². The number of hydrogen-bond acceptors (Lipinski definition) is 2. The first-order chi connectivity index (χ1) is 2.89. The van der Waals surface area contributed by atoms with Crippen molar-refractivity contribution in [3.63, 3.8) is 0 Å². The molecule has 3 heteroatoms. The predicted molar refractivity (Wildman–Crippen MR) is 20.1 cm³/mol. The van der Waals surface area contributed by atoms with Crippen LogP contribution in [0.4, 0.5) is 0 Å². The molecule has 7 heavy (non-hydrogen) atoms. The number of nitrogens with zero attached hydrogens (tertiary/aromatic N) is 1. The van der Waals surface area contributed by atoms with Crippen LogP contribution in [0.3, 0.4) is 0 Å². The predicted octanol–water partition coefficient (Wildman–Crippen LogP) is 0.781. The van der Waals surface area contributed by atoms with Gasteiger partial charge in [0.05, 0.1) is 0 Å². The molecule has 1 aromatic rings. The molecule has 0 amide bonds. The molecule has 0 aliphatic heterocycles. The van der Waals surface area contributed by atoms with Crippen molar-refractivity contribution in [2.75, 3.05) is 0 Å². The number of aryl methyl sites for hydroxylation is 1. The Labute approximate surface area is 55.5 Å². The summed E-state index contributed by atoms with van der Waals surface area (Å²) in [5.74, 6) is 0.801. The third-order valence-corrected chi connectivity index (χ3v) is 0.510. The molecule has 0 aliphatic carbocycles. The van der Waals surface area contributed by atoms with E-state index >= 15 is 0 Å². The van der Waals surface area contributed by atoms with E-state index in [1.54, 1.807) is 6.07 Å². The van der Waals surface area contributed by atoms with Crippen molar-refractivity contribution in [2.45, 2.75) is 6.92 Å². The normalized spacial score (nSPS) is 7.57. The van der Waals surface area contributed by atoms with Crippen molar-refractivity contribution < 1.29 is 24.9 Å². The summed E-state index contributed by atoms with van der Waals surface area (Å²) in [5, 5.41) is 3.32. The summed E-state index contributed by atoms with van der Waals surface area (Å²) in [6.07, 6.45) is 2.51. The van der Waals surface area contributed by atoms with Crippen LogP contribution in [-0.2, 0) is 20.4 Å². The van der Waals surface area contributed by atoms with E-state index in [2.05, 4.69) is 15.9 Å². The largest absolute Gasteiger partial charge is 0.471 e. The van der Waals surface area contributed by atoms with Gasteiger partial charge >= 0.3 is 0 Å². The second kappa shape index (κ2) is 2.95. The van der Waals surface area contributed by atoms with Gasteiger partial charge in [-0.25, -0.2) is 5.16 Å². The first kappa shape index (κ1) is 6.87. The quantitative estimate of drug-likeness (QED) is 0.650. The second-order valence-corrected chi connectivity index (χ2v) is 1.07. The summed E-state index contributed by atoms with van der Waals surface area (Å²) in [4.78, 5) is 0. The summed E-state index contributed by atoms with van der Waals surface area (Å²) in [6, 6.07) is 1.68. The van der Waals surface area contributed by atoms with E-state index in [-0.39, 0.29) is 20.4 Å².